The standard InChI is InChI=1S/C8H10O3S.K/c1-2-7-5-3-4-6-8(7)12(9,10)11;/h3-6H,2H2,1H3,(H,9,10,11);/q;+1/p-1. The Morgan fingerprint density at radius 1 is 1.31 bits per heavy atom. The van der Waals surface area contributed by atoms with E-state index >= 15 is 0 Å². The van der Waals surface area contributed by atoms with E-state index in [1.165, 1.54) is 6.07 Å². The van der Waals surface area contributed by atoms with Crippen molar-refractivity contribution in [1.82, 2.24) is 0 Å². The van der Waals surface area contributed by atoms with Gasteiger partial charge >= 0.3 is 51.4 Å². The Morgan fingerprint density at radius 3 is 2.23 bits per heavy atom. The molecule has 0 saturated carbocycles. The molecule has 0 heterocycles. The van der Waals surface area contributed by atoms with Crippen molar-refractivity contribution in [1.29, 1.82) is 0 Å². The number of benzene rings is 1. The molecule has 0 fully saturated rings. The molecule has 0 bridgehead atoms. The van der Waals surface area contributed by atoms with Crippen LogP contribution < -0.4 is 51.4 Å². The summed E-state index contributed by atoms with van der Waals surface area (Å²) in [6.45, 7) is 1.81. The molecule has 5 heteroatoms. The fraction of sp³-hybridized carbons (Fsp3) is 0.250. The van der Waals surface area contributed by atoms with Crippen molar-refractivity contribution < 1.29 is 64.4 Å². The number of hydrogen-bond acceptors (Lipinski definition) is 3. The Morgan fingerprint density at radius 2 is 1.85 bits per heavy atom. The Balaban J connectivity index is 0.00000144. The van der Waals surface area contributed by atoms with Crippen molar-refractivity contribution >= 4 is 10.1 Å². The molecule has 1 aromatic rings. The van der Waals surface area contributed by atoms with Gasteiger partial charge in [-0.3, -0.25) is 0 Å². The molecular weight excluding hydrogens is 215 g/mol. The minimum atomic E-state index is -4.30. The smallest absolute Gasteiger partial charge is 0.744 e. The molecule has 0 aliphatic carbocycles. The van der Waals surface area contributed by atoms with Crippen LogP contribution in [-0.2, 0) is 16.5 Å². The molecule has 66 valence electrons. The Bertz CT molecular complexity index is 373. The molecule has 0 N–H and O–H groups in total. The topological polar surface area (TPSA) is 57.2 Å². The van der Waals surface area contributed by atoms with Crippen LogP contribution in [0.2, 0.25) is 0 Å². The third kappa shape index (κ3) is 3.79. The van der Waals surface area contributed by atoms with Gasteiger partial charge in [0.15, 0.2) is 0 Å². The van der Waals surface area contributed by atoms with Gasteiger partial charge < -0.3 is 4.55 Å². The summed E-state index contributed by atoms with van der Waals surface area (Å²) in [4.78, 5) is -0.104. The van der Waals surface area contributed by atoms with Crippen LogP contribution in [0.25, 0.3) is 0 Å². The summed E-state index contributed by atoms with van der Waals surface area (Å²) in [6, 6.07) is 6.24. The van der Waals surface area contributed by atoms with Gasteiger partial charge in [0.1, 0.15) is 10.1 Å². The molecular formula is C8H9KO3S. The third-order valence-corrected chi connectivity index (χ3v) is 2.56. The van der Waals surface area contributed by atoms with Crippen LogP contribution in [0.15, 0.2) is 29.2 Å². The van der Waals surface area contributed by atoms with Gasteiger partial charge in [0, 0.05) is 0 Å². The molecule has 0 spiro atoms. The van der Waals surface area contributed by atoms with Gasteiger partial charge in [0.05, 0.1) is 4.90 Å². The molecule has 0 radical (unpaired) electrons. The van der Waals surface area contributed by atoms with E-state index in [9.17, 15) is 13.0 Å². The zero-order valence-electron chi connectivity index (χ0n) is 7.65. The maximum absolute atomic E-state index is 10.7. The van der Waals surface area contributed by atoms with E-state index in [0.29, 0.717) is 12.0 Å². The van der Waals surface area contributed by atoms with Crippen molar-refractivity contribution in [2.75, 3.05) is 0 Å². The summed E-state index contributed by atoms with van der Waals surface area (Å²) in [6.07, 6.45) is 0.553. The van der Waals surface area contributed by atoms with Crippen LogP contribution in [0, 0.1) is 0 Å². The first-order valence-corrected chi connectivity index (χ1v) is 5.00. The molecule has 0 saturated heterocycles. The predicted molar refractivity (Wildman–Crippen MR) is 43.8 cm³/mol. The van der Waals surface area contributed by atoms with Crippen LogP contribution in [-0.4, -0.2) is 13.0 Å². The van der Waals surface area contributed by atoms with Crippen molar-refractivity contribution in [3.63, 3.8) is 0 Å². The van der Waals surface area contributed by atoms with Crippen LogP contribution in [0.5, 0.6) is 0 Å². The SMILES string of the molecule is CCc1ccccc1S(=O)(=O)[O-].[K+]. The molecule has 1 rings (SSSR count). The van der Waals surface area contributed by atoms with Gasteiger partial charge in [0.2, 0.25) is 0 Å². The van der Waals surface area contributed by atoms with Crippen molar-refractivity contribution in [3.05, 3.63) is 29.8 Å². The van der Waals surface area contributed by atoms with Crippen LogP contribution in [0.3, 0.4) is 0 Å². The zero-order chi connectivity index (χ0) is 9.19. The van der Waals surface area contributed by atoms with Crippen LogP contribution in [0.1, 0.15) is 12.5 Å². The Kier molecular flexibility index (Phi) is 5.93. The van der Waals surface area contributed by atoms with Crippen LogP contribution >= 0.6 is 0 Å². The molecule has 0 aromatic heterocycles. The number of rotatable bonds is 2. The summed E-state index contributed by atoms with van der Waals surface area (Å²) in [7, 11) is -4.30. The predicted octanol–water partition coefficient (Wildman–Crippen LogP) is -1.84. The van der Waals surface area contributed by atoms with Gasteiger partial charge in [-0.15, -0.1) is 0 Å². The van der Waals surface area contributed by atoms with Gasteiger partial charge in [-0.1, -0.05) is 25.1 Å². The molecule has 0 aliphatic rings. The summed E-state index contributed by atoms with van der Waals surface area (Å²) >= 11 is 0. The quantitative estimate of drug-likeness (QED) is 0.438. The number of hydrogen-bond donors (Lipinski definition) is 0. The maximum atomic E-state index is 10.7. The monoisotopic (exact) mass is 224 g/mol. The summed E-state index contributed by atoms with van der Waals surface area (Å²) in [5, 5.41) is 0. The van der Waals surface area contributed by atoms with Gasteiger partial charge in [-0.2, -0.15) is 0 Å². The zero-order valence-corrected chi connectivity index (χ0v) is 11.6. The second-order valence-corrected chi connectivity index (χ2v) is 3.76. The molecule has 1 aromatic carbocycles. The summed E-state index contributed by atoms with van der Waals surface area (Å²) < 4.78 is 32.0. The van der Waals surface area contributed by atoms with Gasteiger partial charge in [-0.05, 0) is 18.1 Å². The van der Waals surface area contributed by atoms with Crippen molar-refractivity contribution in [3.8, 4) is 0 Å². The minimum absolute atomic E-state index is 0. The van der Waals surface area contributed by atoms with E-state index in [1.807, 2.05) is 6.92 Å². The van der Waals surface area contributed by atoms with Crippen molar-refractivity contribution in [2.45, 2.75) is 18.2 Å². The number of aryl methyl sites for hydroxylation is 1. The summed E-state index contributed by atoms with van der Waals surface area (Å²) in [5.74, 6) is 0. The fourth-order valence-electron chi connectivity index (χ4n) is 1.04. The largest absolute Gasteiger partial charge is 1.00 e. The van der Waals surface area contributed by atoms with E-state index in [0.717, 1.165) is 0 Å². The van der Waals surface area contributed by atoms with E-state index in [4.69, 9.17) is 0 Å². The second-order valence-electron chi connectivity index (χ2n) is 2.42. The van der Waals surface area contributed by atoms with Crippen LogP contribution in [0.4, 0.5) is 0 Å². The average Bonchev–Trinajstić information content (AvgIpc) is 2.03. The molecule has 13 heavy (non-hydrogen) atoms. The third-order valence-electron chi connectivity index (χ3n) is 1.62. The normalized spacial score (nSPS) is 10.6. The second kappa shape index (κ2) is 5.60. The first-order valence-electron chi connectivity index (χ1n) is 3.59. The van der Waals surface area contributed by atoms with E-state index in [1.54, 1.807) is 18.2 Å². The minimum Gasteiger partial charge on any atom is -0.744 e. The molecule has 0 atom stereocenters. The van der Waals surface area contributed by atoms with E-state index in [-0.39, 0.29) is 56.3 Å². The van der Waals surface area contributed by atoms with Crippen molar-refractivity contribution in [2.24, 2.45) is 0 Å². The summed E-state index contributed by atoms with van der Waals surface area (Å²) in [5.41, 5.74) is 0.576. The average molecular weight is 224 g/mol. The van der Waals surface area contributed by atoms with E-state index in [2.05, 4.69) is 0 Å². The fourth-order valence-corrected chi connectivity index (χ4v) is 1.82. The molecule has 0 unspecified atom stereocenters. The molecule has 0 amide bonds. The van der Waals surface area contributed by atoms with Gasteiger partial charge in [0.25, 0.3) is 0 Å². The van der Waals surface area contributed by atoms with Gasteiger partial charge in [-0.25, -0.2) is 8.42 Å². The first kappa shape index (κ1) is 13.8. The molecule has 0 aliphatic heterocycles. The Hall–Kier alpha value is 0.766. The van der Waals surface area contributed by atoms with E-state index < -0.39 is 10.1 Å². The first-order chi connectivity index (χ1) is 5.55. The Labute approximate surface area is 121 Å². The maximum Gasteiger partial charge on any atom is 1.00 e. The molecule has 3 nitrogen and oxygen atoms in total.